The topological polar surface area (TPSA) is 37.8 Å². The number of hydrogen-bond donors (Lipinski definition) is 0. The van der Waals surface area contributed by atoms with Gasteiger partial charge >= 0.3 is 0 Å². The van der Waals surface area contributed by atoms with Crippen LogP contribution in [0.3, 0.4) is 0 Å². The molecule has 3 heterocycles. The number of benzene rings is 2. The molecular formula is C25H29N3O2S. The second kappa shape index (κ2) is 8.17. The first-order chi connectivity index (χ1) is 15.3. The van der Waals surface area contributed by atoms with E-state index in [4.69, 9.17) is 13.8 Å². The number of fused-ring (bicyclic) bond motifs is 2. The standard InChI is InChI=1S/C25H29N3O2S/c1-2-4-23-22(3-1)24(26-31-23)28-13-11-27(12-14-28)10-8-19-5-6-21-18-25(29-15-16-30-25)9-7-20(21)17-19/h1-6,17H,7-16,18H2. The monoisotopic (exact) mass is 435 g/mol. The highest BCUT2D eigenvalue weighted by atomic mass is 32.1. The minimum absolute atomic E-state index is 0.336. The van der Waals surface area contributed by atoms with Gasteiger partial charge in [0.15, 0.2) is 5.79 Å². The Morgan fingerprint density at radius 1 is 0.968 bits per heavy atom. The third-order valence-corrected chi connectivity index (χ3v) is 7.88. The summed E-state index contributed by atoms with van der Waals surface area (Å²) in [6.07, 6.45) is 4.06. The van der Waals surface area contributed by atoms with Crippen molar-refractivity contribution >= 4 is 27.4 Å². The van der Waals surface area contributed by atoms with Gasteiger partial charge in [0.25, 0.3) is 0 Å². The van der Waals surface area contributed by atoms with E-state index < -0.39 is 0 Å². The molecule has 3 aromatic rings. The first-order valence-corrected chi connectivity index (χ1v) is 12.3. The van der Waals surface area contributed by atoms with Gasteiger partial charge in [-0.25, -0.2) is 0 Å². The molecule has 1 spiro atoms. The van der Waals surface area contributed by atoms with Crippen molar-refractivity contribution in [1.29, 1.82) is 0 Å². The van der Waals surface area contributed by atoms with Crippen molar-refractivity contribution in [2.75, 3.05) is 50.8 Å². The average molecular weight is 436 g/mol. The van der Waals surface area contributed by atoms with Gasteiger partial charge < -0.3 is 14.4 Å². The molecule has 2 fully saturated rings. The van der Waals surface area contributed by atoms with E-state index in [0.29, 0.717) is 0 Å². The molecule has 0 unspecified atom stereocenters. The summed E-state index contributed by atoms with van der Waals surface area (Å²) >= 11 is 1.61. The fourth-order valence-corrected chi connectivity index (χ4v) is 6.05. The zero-order valence-electron chi connectivity index (χ0n) is 17.9. The van der Waals surface area contributed by atoms with Gasteiger partial charge in [-0.05, 0) is 53.2 Å². The molecule has 0 radical (unpaired) electrons. The normalized spacial score (nSPS) is 21.1. The largest absolute Gasteiger partial charge is 0.353 e. The molecule has 31 heavy (non-hydrogen) atoms. The van der Waals surface area contributed by atoms with Crippen LogP contribution < -0.4 is 4.90 Å². The summed E-state index contributed by atoms with van der Waals surface area (Å²) in [6, 6.07) is 15.6. The maximum absolute atomic E-state index is 5.92. The summed E-state index contributed by atoms with van der Waals surface area (Å²) in [5.74, 6) is 0.833. The molecule has 2 aromatic carbocycles. The van der Waals surface area contributed by atoms with Crippen LogP contribution in [0.5, 0.6) is 0 Å². The van der Waals surface area contributed by atoms with E-state index in [-0.39, 0.29) is 5.79 Å². The number of ether oxygens (including phenoxy) is 2. The van der Waals surface area contributed by atoms with Crippen LogP contribution in [-0.4, -0.2) is 61.0 Å². The molecule has 0 saturated carbocycles. The Morgan fingerprint density at radius 2 is 1.81 bits per heavy atom. The van der Waals surface area contributed by atoms with Gasteiger partial charge in [0.1, 0.15) is 5.82 Å². The Labute approximate surface area is 187 Å². The third kappa shape index (κ3) is 3.87. The van der Waals surface area contributed by atoms with E-state index in [1.807, 2.05) is 0 Å². The molecule has 3 aliphatic rings. The zero-order valence-corrected chi connectivity index (χ0v) is 18.7. The van der Waals surface area contributed by atoms with Crippen molar-refractivity contribution in [1.82, 2.24) is 9.27 Å². The number of aromatic nitrogens is 1. The van der Waals surface area contributed by atoms with E-state index in [1.54, 1.807) is 11.5 Å². The number of piperazine rings is 1. The van der Waals surface area contributed by atoms with Crippen LogP contribution in [0.2, 0.25) is 0 Å². The lowest BCUT2D eigenvalue weighted by Crippen LogP contribution is -2.47. The molecule has 0 atom stereocenters. The Balaban J connectivity index is 1.04. The number of anilines is 1. The number of nitrogens with zero attached hydrogens (tertiary/aromatic N) is 3. The van der Waals surface area contributed by atoms with Crippen LogP contribution >= 0.6 is 11.5 Å². The molecule has 162 valence electrons. The van der Waals surface area contributed by atoms with E-state index >= 15 is 0 Å². The van der Waals surface area contributed by atoms with Crippen LogP contribution in [0.1, 0.15) is 23.1 Å². The highest BCUT2D eigenvalue weighted by Gasteiger charge is 2.39. The molecule has 5 nitrogen and oxygen atoms in total. The van der Waals surface area contributed by atoms with Crippen LogP contribution in [0.15, 0.2) is 42.5 Å². The highest BCUT2D eigenvalue weighted by Crippen LogP contribution is 2.35. The molecule has 2 aliphatic heterocycles. The predicted octanol–water partition coefficient (Wildman–Crippen LogP) is 3.89. The van der Waals surface area contributed by atoms with Gasteiger partial charge in [-0.15, -0.1) is 0 Å². The first-order valence-electron chi connectivity index (χ1n) is 11.5. The van der Waals surface area contributed by atoms with Crippen molar-refractivity contribution in [2.24, 2.45) is 0 Å². The Bertz CT molecular complexity index is 1070. The van der Waals surface area contributed by atoms with Gasteiger partial charge in [0.2, 0.25) is 0 Å². The Kier molecular flexibility index (Phi) is 5.19. The van der Waals surface area contributed by atoms with Crippen molar-refractivity contribution < 1.29 is 9.47 Å². The molecule has 6 rings (SSSR count). The Hall–Kier alpha value is -1.99. The average Bonchev–Trinajstić information content (AvgIpc) is 3.45. The highest BCUT2D eigenvalue weighted by molar-refractivity contribution is 7.13. The van der Waals surface area contributed by atoms with Crippen molar-refractivity contribution in [3.63, 3.8) is 0 Å². The SMILES string of the molecule is c1ccc2c(N3CCN(CCc4ccc5c(c4)CCC4(C5)OCCO4)CC3)nsc2c1. The molecule has 2 saturated heterocycles. The van der Waals surface area contributed by atoms with Gasteiger partial charge in [0, 0.05) is 51.0 Å². The maximum atomic E-state index is 5.92. The second-order valence-electron chi connectivity index (χ2n) is 8.97. The minimum atomic E-state index is -0.336. The smallest absolute Gasteiger partial charge is 0.172 e. The van der Waals surface area contributed by atoms with E-state index in [0.717, 1.165) is 71.6 Å². The van der Waals surface area contributed by atoms with E-state index in [1.165, 1.54) is 32.6 Å². The first kappa shape index (κ1) is 19.7. The molecule has 1 aromatic heterocycles. The fourth-order valence-electron chi connectivity index (χ4n) is 5.26. The second-order valence-corrected chi connectivity index (χ2v) is 9.77. The van der Waals surface area contributed by atoms with Gasteiger partial charge in [-0.1, -0.05) is 30.3 Å². The number of rotatable bonds is 4. The number of hydrogen-bond acceptors (Lipinski definition) is 6. The van der Waals surface area contributed by atoms with Crippen molar-refractivity contribution in [3.8, 4) is 0 Å². The minimum Gasteiger partial charge on any atom is -0.353 e. The lowest BCUT2D eigenvalue weighted by atomic mass is 9.86. The summed E-state index contributed by atoms with van der Waals surface area (Å²) in [6.45, 7) is 6.92. The summed E-state index contributed by atoms with van der Waals surface area (Å²) < 4.78 is 17.9. The molecule has 1 aliphatic carbocycles. The summed E-state index contributed by atoms with van der Waals surface area (Å²) in [4.78, 5) is 5.05. The van der Waals surface area contributed by atoms with Gasteiger partial charge in [-0.2, -0.15) is 4.37 Å². The van der Waals surface area contributed by atoms with Gasteiger partial charge in [0.05, 0.1) is 17.9 Å². The number of aryl methyl sites for hydroxylation is 1. The van der Waals surface area contributed by atoms with Crippen LogP contribution in [0, 0.1) is 0 Å². The summed E-state index contributed by atoms with van der Waals surface area (Å²) in [5, 5.41) is 1.30. The predicted molar refractivity (Wildman–Crippen MR) is 125 cm³/mol. The molecule has 6 heteroatoms. The van der Waals surface area contributed by atoms with Crippen LogP contribution in [0.4, 0.5) is 5.82 Å². The summed E-state index contributed by atoms with van der Waals surface area (Å²) in [7, 11) is 0. The van der Waals surface area contributed by atoms with Crippen molar-refractivity contribution in [2.45, 2.75) is 31.5 Å². The van der Waals surface area contributed by atoms with Gasteiger partial charge in [-0.3, -0.25) is 4.90 Å². The quantitative estimate of drug-likeness (QED) is 0.622. The maximum Gasteiger partial charge on any atom is 0.172 e. The lowest BCUT2D eigenvalue weighted by Gasteiger charge is -2.35. The summed E-state index contributed by atoms with van der Waals surface area (Å²) in [5.41, 5.74) is 4.35. The van der Waals surface area contributed by atoms with E-state index in [2.05, 4.69) is 52.3 Å². The Morgan fingerprint density at radius 3 is 2.68 bits per heavy atom. The molecular weight excluding hydrogens is 406 g/mol. The van der Waals surface area contributed by atoms with E-state index in [9.17, 15) is 0 Å². The molecule has 0 N–H and O–H groups in total. The fraction of sp³-hybridized carbons (Fsp3) is 0.480. The van der Waals surface area contributed by atoms with Crippen LogP contribution in [-0.2, 0) is 28.7 Å². The molecule has 0 bridgehead atoms. The lowest BCUT2D eigenvalue weighted by molar-refractivity contribution is -0.163. The van der Waals surface area contributed by atoms with Crippen LogP contribution in [0.25, 0.3) is 10.1 Å². The zero-order chi connectivity index (χ0) is 20.7. The van der Waals surface area contributed by atoms with Crippen molar-refractivity contribution in [3.05, 3.63) is 59.2 Å². The third-order valence-electron chi connectivity index (χ3n) is 7.07. The molecule has 0 amide bonds.